The Kier molecular flexibility index (Phi) is 10.2. The van der Waals surface area contributed by atoms with Crippen LogP contribution in [0.4, 0.5) is 26.3 Å². The van der Waals surface area contributed by atoms with E-state index in [0.29, 0.717) is 0 Å². The van der Waals surface area contributed by atoms with E-state index >= 15 is 0 Å². The van der Waals surface area contributed by atoms with Gasteiger partial charge in [-0.1, -0.05) is 0 Å². The largest absolute Gasteiger partial charge is 0.558 e. The molecule has 0 amide bonds. The number of alkyl halides is 6. The standard InChI is InChI=1S/C10H24NO3Si.C2F6NO4S2/c1-11(8-6-5-7-9-11)10-15(12-2,13-3)14-4;3-1(4,5)14(10,11)9-15(12,13)2(6,7)8/h5-10H2,1-4H3;/q+1;-1. The number of quaternary nitrogens is 1. The van der Waals surface area contributed by atoms with Crippen LogP contribution < -0.4 is 0 Å². The lowest BCUT2D eigenvalue weighted by molar-refractivity contribution is -0.906. The monoisotopic (exact) mass is 514 g/mol. The summed E-state index contributed by atoms with van der Waals surface area (Å²) in [6.07, 6.45) is 4.85. The minimum atomic E-state index is -6.72. The molecule has 1 saturated heterocycles. The van der Waals surface area contributed by atoms with Gasteiger partial charge in [-0.15, -0.1) is 0 Å². The zero-order valence-corrected chi connectivity index (χ0v) is 19.2. The second-order valence-electron chi connectivity index (χ2n) is 6.50. The molecule has 0 spiro atoms. The summed E-state index contributed by atoms with van der Waals surface area (Å²) in [6.45, 7) is 2.43. The van der Waals surface area contributed by atoms with E-state index in [9.17, 15) is 43.2 Å². The van der Waals surface area contributed by atoms with Gasteiger partial charge in [0.05, 0.1) is 20.1 Å². The number of hydrogen-bond donors (Lipinski definition) is 0. The molecule has 0 N–H and O–H groups in total. The van der Waals surface area contributed by atoms with Gasteiger partial charge in [-0.05, 0) is 19.3 Å². The smallest absolute Gasteiger partial charge is 0.421 e. The average Bonchev–Trinajstić information content (AvgIpc) is 2.58. The first-order chi connectivity index (χ1) is 13.3. The topological polar surface area (TPSA) is 110 Å². The molecule has 1 heterocycles. The summed E-state index contributed by atoms with van der Waals surface area (Å²) in [4.78, 5) is 0. The van der Waals surface area contributed by atoms with Crippen LogP contribution in [-0.4, -0.2) is 88.8 Å². The number of nitrogens with zero attached hydrogens (tertiary/aromatic N) is 2. The van der Waals surface area contributed by atoms with E-state index in [2.05, 4.69) is 7.05 Å². The number of piperidine rings is 1. The fraction of sp³-hybridized carbons (Fsp3) is 1.00. The van der Waals surface area contributed by atoms with Crippen molar-refractivity contribution in [3.8, 4) is 0 Å². The molecular formula is C12H24F6N2O7S2Si. The van der Waals surface area contributed by atoms with Gasteiger partial charge in [0, 0.05) is 21.3 Å². The summed E-state index contributed by atoms with van der Waals surface area (Å²) in [5.41, 5.74) is -12.4. The average molecular weight is 515 g/mol. The molecule has 182 valence electrons. The van der Waals surface area contributed by atoms with Crippen LogP contribution >= 0.6 is 0 Å². The van der Waals surface area contributed by atoms with Crippen LogP contribution in [0.2, 0.25) is 0 Å². The molecule has 1 aliphatic heterocycles. The summed E-state index contributed by atoms with van der Waals surface area (Å²) >= 11 is 0. The molecule has 1 aliphatic rings. The minimum Gasteiger partial charge on any atom is -0.421 e. The maximum Gasteiger partial charge on any atom is 0.558 e. The van der Waals surface area contributed by atoms with Gasteiger partial charge in [0.15, 0.2) is 20.0 Å². The van der Waals surface area contributed by atoms with Crippen LogP contribution in [0.5, 0.6) is 0 Å². The molecule has 0 aromatic rings. The zero-order valence-electron chi connectivity index (χ0n) is 16.6. The maximum absolute atomic E-state index is 11.4. The van der Waals surface area contributed by atoms with Crippen molar-refractivity contribution in [3.05, 3.63) is 4.13 Å². The van der Waals surface area contributed by atoms with E-state index in [0.717, 1.165) is 14.8 Å². The van der Waals surface area contributed by atoms with Crippen LogP contribution in [0.3, 0.4) is 0 Å². The van der Waals surface area contributed by atoms with Crippen LogP contribution in [-0.2, 0) is 33.3 Å². The van der Waals surface area contributed by atoms with Gasteiger partial charge < -0.3 is 21.9 Å². The molecule has 30 heavy (non-hydrogen) atoms. The molecule has 0 aromatic heterocycles. The van der Waals surface area contributed by atoms with Crippen LogP contribution in [0.25, 0.3) is 4.13 Å². The Bertz CT molecular complexity index is 698. The van der Waals surface area contributed by atoms with Gasteiger partial charge in [0.1, 0.15) is 6.17 Å². The van der Waals surface area contributed by atoms with Crippen molar-refractivity contribution in [1.29, 1.82) is 0 Å². The summed E-state index contributed by atoms with van der Waals surface area (Å²) in [5.74, 6) is 0. The second-order valence-corrected chi connectivity index (χ2v) is 12.8. The molecule has 0 unspecified atom stereocenters. The molecule has 0 atom stereocenters. The lowest BCUT2D eigenvalue weighted by atomic mass is 10.1. The van der Waals surface area contributed by atoms with E-state index in [1.54, 1.807) is 21.3 Å². The Hall–Kier alpha value is -0.503. The van der Waals surface area contributed by atoms with Gasteiger partial charge >= 0.3 is 19.8 Å². The second kappa shape index (κ2) is 10.4. The quantitative estimate of drug-likeness (QED) is 0.291. The lowest BCUT2D eigenvalue weighted by Crippen LogP contribution is -2.62. The van der Waals surface area contributed by atoms with Crippen molar-refractivity contribution < 1.29 is 60.9 Å². The Balaban J connectivity index is 0.000000561. The van der Waals surface area contributed by atoms with Crippen LogP contribution in [0, 0.1) is 0 Å². The van der Waals surface area contributed by atoms with Crippen molar-refractivity contribution >= 4 is 28.9 Å². The van der Waals surface area contributed by atoms with E-state index in [-0.39, 0.29) is 0 Å². The SMILES string of the molecule is CO[Si](C[N+]1(C)CCCCC1)(OC)OC.O=S(=O)([N-]S(=O)(=O)C(F)(F)F)C(F)(F)F. The number of hydrogen-bond acceptors (Lipinski definition) is 7. The number of sulfonamides is 2. The Morgan fingerprint density at radius 1 is 0.800 bits per heavy atom. The van der Waals surface area contributed by atoms with E-state index in [1.165, 1.54) is 32.4 Å². The van der Waals surface area contributed by atoms with Gasteiger partial charge in [0.25, 0.3) is 0 Å². The highest BCUT2D eigenvalue weighted by Crippen LogP contribution is 2.36. The Labute approximate surface area is 172 Å². The van der Waals surface area contributed by atoms with Crippen molar-refractivity contribution in [2.75, 3.05) is 47.6 Å². The van der Waals surface area contributed by atoms with Gasteiger partial charge in [-0.25, -0.2) is 16.8 Å². The van der Waals surface area contributed by atoms with Crippen molar-refractivity contribution in [3.63, 3.8) is 0 Å². The molecule has 9 nitrogen and oxygen atoms in total. The first kappa shape index (κ1) is 29.5. The first-order valence-electron chi connectivity index (χ1n) is 8.16. The molecule has 0 aliphatic carbocycles. The molecule has 0 bridgehead atoms. The summed E-state index contributed by atoms with van der Waals surface area (Å²) in [7, 11) is -8.50. The maximum atomic E-state index is 11.4. The highest BCUT2D eigenvalue weighted by Gasteiger charge is 2.48. The molecule has 0 saturated carbocycles. The molecular weight excluding hydrogens is 490 g/mol. The first-order valence-corrected chi connectivity index (χ1v) is 13.0. The fourth-order valence-corrected chi connectivity index (χ4v) is 6.41. The summed E-state index contributed by atoms with van der Waals surface area (Å²) in [5, 5.41) is 0. The van der Waals surface area contributed by atoms with E-state index < -0.39 is 39.9 Å². The van der Waals surface area contributed by atoms with Crippen LogP contribution in [0.1, 0.15) is 19.3 Å². The van der Waals surface area contributed by atoms with Crippen molar-refractivity contribution in [2.45, 2.75) is 30.3 Å². The fourth-order valence-electron chi connectivity index (χ4n) is 2.56. The Morgan fingerprint density at radius 3 is 1.40 bits per heavy atom. The minimum absolute atomic E-state index is 0.778. The summed E-state index contributed by atoms with van der Waals surface area (Å²) in [6, 6.07) is 0. The van der Waals surface area contributed by atoms with Crippen molar-refractivity contribution in [1.82, 2.24) is 0 Å². The number of likely N-dealkylation sites (tertiary alicyclic amines) is 1. The third kappa shape index (κ3) is 8.21. The number of rotatable bonds is 7. The molecule has 0 radical (unpaired) electrons. The van der Waals surface area contributed by atoms with Gasteiger partial charge in [-0.3, -0.25) is 0 Å². The molecule has 18 heteroatoms. The number of halogens is 6. The van der Waals surface area contributed by atoms with Gasteiger partial charge in [0.2, 0.25) is 0 Å². The lowest BCUT2D eigenvalue weighted by Gasteiger charge is -2.41. The van der Waals surface area contributed by atoms with Crippen LogP contribution in [0.15, 0.2) is 0 Å². The van der Waals surface area contributed by atoms with E-state index in [4.69, 9.17) is 13.3 Å². The predicted molar refractivity (Wildman–Crippen MR) is 94.7 cm³/mol. The van der Waals surface area contributed by atoms with E-state index in [1.807, 2.05) is 0 Å². The zero-order chi connectivity index (χ0) is 24.1. The van der Waals surface area contributed by atoms with Crippen molar-refractivity contribution in [2.24, 2.45) is 0 Å². The molecule has 1 fully saturated rings. The highest BCUT2D eigenvalue weighted by atomic mass is 32.3. The molecule has 0 aromatic carbocycles. The molecule has 1 rings (SSSR count). The summed E-state index contributed by atoms with van der Waals surface area (Å²) < 4.78 is 127. The normalized spacial score (nSPS) is 18.5. The Morgan fingerprint density at radius 2 is 1.13 bits per heavy atom. The highest BCUT2D eigenvalue weighted by molar-refractivity contribution is 8.13. The third-order valence-corrected chi connectivity index (χ3v) is 9.94. The predicted octanol–water partition coefficient (Wildman–Crippen LogP) is 2.09. The third-order valence-electron chi connectivity index (χ3n) is 4.19. The van der Waals surface area contributed by atoms with Gasteiger partial charge in [-0.2, -0.15) is 26.3 Å².